The van der Waals surface area contributed by atoms with Gasteiger partial charge in [0, 0.05) is 5.56 Å². The van der Waals surface area contributed by atoms with E-state index in [0.29, 0.717) is 0 Å². The fourth-order valence-electron chi connectivity index (χ4n) is 1.09. The summed E-state index contributed by atoms with van der Waals surface area (Å²) in [5.41, 5.74) is -0.0492. The minimum Gasteiger partial charge on any atom is -0.214 e. The van der Waals surface area contributed by atoms with Gasteiger partial charge in [0.05, 0.1) is 0 Å². The normalized spacial score (nSPS) is 12.8. The molecule has 10 nitrogen and oxygen atoms in total. The minimum atomic E-state index is -4.79. The van der Waals surface area contributed by atoms with Gasteiger partial charge in [0.15, 0.2) is 0 Å². The first-order chi connectivity index (χ1) is 9.79. The molecule has 0 spiro atoms. The van der Waals surface area contributed by atoms with Crippen molar-refractivity contribution in [3.8, 4) is 0 Å². The average molecular weight is 334 g/mol. The summed E-state index contributed by atoms with van der Waals surface area (Å²) in [6.45, 7) is 0. The van der Waals surface area contributed by atoms with E-state index in [-0.39, 0.29) is 5.56 Å². The molecule has 0 radical (unpaired) electrons. The van der Waals surface area contributed by atoms with Crippen molar-refractivity contribution in [2.24, 2.45) is 8.80 Å². The average Bonchev–Trinajstić information content (AvgIpc) is 2.38. The highest BCUT2D eigenvalue weighted by molar-refractivity contribution is 7.86. The highest BCUT2D eigenvalue weighted by Gasteiger charge is 2.27. The van der Waals surface area contributed by atoms with E-state index in [1.807, 2.05) is 0 Å². The third-order valence-corrected chi connectivity index (χ3v) is 3.22. The predicted octanol–water partition coefficient (Wildman–Crippen LogP) is -0.120. The molecule has 12 heteroatoms. The molecule has 0 atom stereocenters. The molecule has 112 valence electrons. The maximum Gasteiger partial charge on any atom is 0.394 e. The summed E-state index contributed by atoms with van der Waals surface area (Å²) < 4.78 is 58.2. The third kappa shape index (κ3) is 5.75. The van der Waals surface area contributed by atoms with Crippen molar-refractivity contribution in [1.82, 2.24) is 0 Å². The summed E-state index contributed by atoms with van der Waals surface area (Å²) in [5, 5.41) is 0. The number of isocyanates is 2. The molecule has 21 heavy (non-hydrogen) atoms. The van der Waals surface area contributed by atoms with Crippen LogP contribution in [0, 0.1) is 0 Å². The van der Waals surface area contributed by atoms with E-state index in [0.717, 1.165) is 12.2 Å². The van der Waals surface area contributed by atoms with Gasteiger partial charge in [0.25, 0.3) is 12.2 Å². The molecular formula is C9H6N2O8S2. The first-order valence-electron chi connectivity index (χ1n) is 4.89. The molecule has 0 bridgehead atoms. The summed E-state index contributed by atoms with van der Waals surface area (Å²) in [6, 6.07) is 6.95. The lowest BCUT2D eigenvalue weighted by Crippen LogP contribution is -2.16. The van der Waals surface area contributed by atoms with Crippen molar-refractivity contribution in [3.05, 3.63) is 35.9 Å². The van der Waals surface area contributed by atoms with Gasteiger partial charge in [-0.25, -0.2) is 18.0 Å². The molecule has 0 aliphatic carbocycles. The number of hydrogen-bond acceptors (Lipinski definition) is 8. The number of rotatable bonds is 7. The van der Waals surface area contributed by atoms with Crippen molar-refractivity contribution >= 4 is 32.8 Å². The highest BCUT2D eigenvalue weighted by atomic mass is 32.2. The second-order valence-corrected chi connectivity index (χ2v) is 5.62. The van der Waals surface area contributed by atoms with E-state index in [1.165, 1.54) is 24.3 Å². The number of benzene rings is 1. The van der Waals surface area contributed by atoms with Crippen molar-refractivity contribution < 1.29 is 34.8 Å². The molecule has 0 aliphatic rings. The fraction of sp³-hybridized carbons (Fsp3) is 0.111. The van der Waals surface area contributed by atoms with Gasteiger partial charge in [-0.3, -0.25) is 0 Å². The molecule has 1 aromatic rings. The molecule has 0 N–H and O–H groups in total. The fourth-order valence-corrected chi connectivity index (χ4v) is 2.15. The van der Waals surface area contributed by atoms with Gasteiger partial charge in [0.2, 0.25) is 6.29 Å². The standard InChI is InChI=1S/C9H6N2O8S2/c12-6-10-20(14,15)18-9(8-4-2-1-3-5-8)19-21(16,17)11-7-13/h1-5,9H. The first kappa shape index (κ1) is 16.9. The van der Waals surface area contributed by atoms with E-state index in [9.17, 15) is 26.4 Å². The van der Waals surface area contributed by atoms with E-state index in [4.69, 9.17) is 0 Å². The Bertz CT molecular complexity index is 739. The summed E-state index contributed by atoms with van der Waals surface area (Å²) >= 11 is 0. The molecule has 1 aromatic carbocycles. The summed E-state index contributed by atoms with van der Waals surface area (Å²) in [6.07, 6.45) is -0.584. The van der Waals surface area contributed by atoms with Crippen LogP contribution < -0.4 is 0 Å². The molecule has 1 rings (SSSR count). The summed E-state index contributed by atoms with van der Waals surface area (Å²) in [5.74, 6) is 0. The topological polar surface area (TPSA) is 146 Å². The number of nitrogens with zero attached hydrogens (tertiary/aromatic N) is 2. The van der Waals surface area contributed by atoms with Gasteiger partial charge < -0.3 is 0 Å². The Morgan fingerprint density at radius 1 is 0.857 bits per heavy atom. The molecule has 0 fully saturated rings. The van der Waals surface area contributed by atoms with Gasteiger partial charge in [0.1, 0.15) is 0 Å². The van der Waals surface area contributed by atoms with Crippen LogP contribution in [0.3, 0.4) is 0 Å². The highest BCUT2D eigenvalue weighted by Crippen LogP contribution is 2.24. The molecule has 0 saturated carbocycles. The Morgan fingerprint density at radius 3 is 1.67 bits per heavy atom. The third-order valence-electron chi connectivity index (χ3n) is 1.79. The van der Waals surface area contributed by atoms with Crippen molar-refractivity contribution in [2.45, 2.75) is 6.29 Å². The van der Waals surface area contributed by atoms with Crippen LogP contribution >= 0.6 is 0 Å². The van der Waals surface area contributed by atoms with Crippen molar-refractivity contribution in [2.75, 3.05) is 0 Å². The van der Waals surface area contributed by atoms with E-state index >= 15 is 0 Å². The van der Waals surface area contributed by atoms with Crippen LogP contribution in [0.15, 0.2) is 39.1 Å². The zero-order valence-corrected chi connectivity index (χ0v) is 11.6. The maximum atomic E-state index is 11.2. The van der Waals surface area contributed by atoms with Crippen LogP contribution in [-0.4, -0.2) is 29.0 Å². The minimum absolute atomic E-state index is 0.0492. The second kappa shape index (κ2) is 6.99. The van der Waals surface area contributed by atoms with Crippen LogP contribution in [-0.2, 0) is 38.6 Å². The van der Waals surface area contributed by atoms with Gasteiger partial charge in [-0.15, -0.1) is 0 Å². The summed E-state index contributed by atoms with van der Waals surface area (Å²) in [7, 11) is -9.59. The van der Waals surface area contributed by atoms with E-state index in [2.05, 4.69) is 17.2 Å². The molecule has 0 aliphatic heterocycles. The van der Waals surface area contributed by atoms with Gasteiger partial charge >= 0.3 is 20.6 Å². The van der Waals surface area contributed by atoms with Crippen LogP contribution in [0.4, 0.5) is 0 Å². The Morgan fingerprint density at radius 2 is 1.29 bits per heavy atom. The lowest BCUT2D eigenvalue weighted by molar-refractivity contribution is 0.0160. The van der Waals surface area contributed by atoms with Crippen LogP contribution in [0.5, 0.6) is 0 Å². The van der Waals surface area contributed by atoms with Crippen molar-refractivity contribution in [3.63, 3.8) is 0 Å². The van der Waals surface area contributed by atoms with E-state index in [1.54, 1.807) is 6.07 Å². The first-order valence-corrected chi connectivity index (χ1v) is 7.62. The number of carbonyl (C=O) groups excluding carboxylic acids is 2. The zero-order chi connectivity index (χ0) is 15.9. The molecule has 0 aromatic heterocycles. The second-order valence-electron chi connectivity index (χ2n) is 3.16. The summed E-state index contributed by atoms with van der Waals surface area (Å²) in [4.78, 5) is 19.9. The van der Waals surface area contributed by atoms with Crippen LogP contribution in [0.2, 0.25) is 0 Å². The monoisotopic (exact) mass is 334 g/mol. The zero-order valence-electron chi connectivity index (χ0n) is 9.94. The largest absolute Gasteiger partial charge is 0.394 e. The Kier molecular flexibility index (Phi) is 5.61. The quantitative estimate of drug-likeness (QED) is 0.381. The van der Waals surface area contributed by atoms with Gasteiger partial charge in [-0.1, -0.05) is 39.1 Å². The van der Waals surface area contributed by atoms with Crippen LogP contribution in [0.1, 0.15) is 11.9 Å². The molecule has 0 heterocycles. The van der Waals surface area contributed by atoms with Crippen molar-refractivity contribution in [1.29, 1.82) is 0 Å². The van der Waals surface area contributed by atoms with E-state index < -0.39 is 26.9 Å². The molecular weight excluding hydrogens is 328 g/mol. The Balaban J connectivity index is 3.19. The lowest BCUT2D eigenvalue weighted by Gasteiger charge is -2.14. The maximum absolute atomic E-state index is 11.2. The Hall–Kier alpha value is -2.20. The lowest BCUT2D eigenvalue weighted by atomic mass is 10.2. The molecule has 0 unspecified atom stereocenters. The number of hydrogen-bond donors (Lipinski definition) is 0. The molecule has 0 saturated heterocycles. The van der Waals surface area contributed by atoms with Crippen LogP contribution in [0.25, 0.3) is 0 Å². The Labute approximate surface area is 119 Å². The molecule has 0 amide bonds. The van der Waals surface area contributed by atoms with Gasteiger partial charge in [-0.05, 0) is 0 Å². The smallest absolute Gasteiger partial charge is 0.214 e. The van der Waals surface area contributed by atoms with Gasteiger partial charge in [-0.2, -0.15) is 16.8 Å². The predicted molar refractivity (Wildman–Crippen MR) is 65.4 cm³/mol. The SMILES string of the molecule is O=C=NS(=O)(=O)OC(OS(=O)(=O)N=C=O)c1ccccc1.